The molecule has 4 atom stereocenters. The van der Waals surface area contributed by atoms with Crippen LogP contribution in [0.4, 0.5) is 0 Å². The minimum absolute atomic E-state index is 0.503. The first-order valence-corrected chi connectivity index (χ1v) is 8.01. The summed E-state index contributed by atoms with van der Waals surface area (Å²) >= 11 is 8.14. The Kier molecular flexibility index (Phi) is 3.47. The lowest BCUT2D eigenvalue weighted by atomic mass is 9.82. The molecule has 0 saturated heterocycles. The number of halogens is 1. The summed E-state index contributed by atoms with van der Waals surface area (Å²) in [6.07, 6.45) is 5.80. The van der Waals surface area contributed by atoms with Crippen LogP contribution < -0.4 is 5.32 Å². The van der Waals surface area contributed by atoms with Gasteiger partial charge in [0.2, 0.25) is 0 Å². The summed E-state index contributed by atoms with van der Waals surface area (Å²) in [5, 5.41) is 6.76. The molecule has 1 N–H and O–H groups in total. The van der Waals surface area contributed by atoms with Crippen molar-refractivity contribution in [1.29, 1.82) is 0 Å². The second-order valence-corrected chi connectivity index (χ2v) is 6.86. The van der Waals surface area contributed by atoms with Crippen LogP contribution in [0.25, 0.3) is 0 Å². The maximum Gasteiger partial charge on any atom is 0.0561 e. The molecule has 17 heavy (non-hydrogen) atoms. The smallest absolute Gasteiger partial charge is 0.0561 e. The highest BCUT2D eigenvalue weighted by Gasteiger charge is 2.43. The third-order valence-electron chi connectivity index (χ3n) is 4.57. The van der Waals surface area contributed by atoms with Gasteiger partial charge in [0.25, 0.3) is 0 Å². The predicted octanol–water partition coefficient (Wildman–Crippen LogP) is 4.49. The van der Waals surface area contributed by atoms with E-state index in [0.717, 1.165) is 29.3 Å². The van der Waals surface area contributed by atoms with Gasteiger partial charge in [-0.05, 0) is 55.0 Å². The van der Waals surface area contributed by atoms with E-state index in [-0.39, 0.29) is 0 Å². The van der Waals surface area contributed by atoms with E-state index in [2.05, 4.69) is 17.6 Å². The first-order valence-electron chi connectivity index (χ1n) is 6.75. The molecule has 1 heterocycles. The summed E-state index contributed by atoms with van der Waals surface area (Å²) < 4.78 is 0. The molecule has 0 aliphatic heterocycles. The van der Waals surface area contributed by atoms with Crippen LogP contribution in [0.3, 0.4) is 0 Å². The number of rotatable bonds is 4. The fourth-order valence-electron chi connectivity index (χ4n) is 3.89. The lowest BCUT2D eigenvalue weighted by Crippen LogP contribution is -2.30. The van der Waals surface area contributed by atoms with E-state index in [0.29, 0.717) is 6.04 Å². The summed E-state index contributed by atoms with van der Waals surface area (Å²) in [6.45, 7) is 3.23. The third kappa shape index (κ3) is 2.16. The van der Waals surface area contributed by atoms with Gasteiger partial charge < -0.3 is 5.32 Å². The van der Waals surface area contributed by atoms with Gasteiger partial charge >= 0.3 is 0 Å². The van der Waals surface area contributed by atoms with Crippen LogP contribution >= 0.6 is 22.9 Å². The topological polar surface area (TPSA) is 12.0 Å². The first-order chi connectivity index (χ1) is 8.29. The molecule has 1 aromatic rings. The maximum atomic E-state index is 6.32. The van der Waals surface area contributed by atoms with Crippen LogP contribution in [0, 0.1) is 17.8 Å². The van der Waals surface area contributed by atoms with Gasteiger partial charge in [0.15, 0.2) is 0 Å². The van der Waals surface area contributed by atoms with Crippen LogP contribution in [0.1, 0.15) is 43.5 Å². The molecular weight excluding hydrogens is 250 g/mol. The van der Waals surface area contributed by atoms with Crippen molar-refractivity contribution in [1.82, 2.24) is 5.32 Å². The van der Waals surface area contributed by atoms with Gasteiger partial charge in [0, 0.05) is 10.9 Å². The van der Waals surface area contributed by atoms with Crippen LogP contribution in [-0.2, 0) is 0 Å². The Morgan fingerprint density at radius 1 is 1.47 bits per heavy atom. The summed E-state index contributed by atoms with van der Waals surface area (Å²) in [7, 11) is 0. The fourth-order valence-corrected chi connectivity index (χ4v) is 5.21. The van der Waals surface area contributed by atoms with Crippen molar-refractivity contribution >= 4 is 22.9 Å². The van der Waals surface area contributed by atoms with Crippen LogP contribution in [-0.4, -0.2) is 6.54 Å². The number of thiophene rings is 1. The molecule has 3 rings (SSSR count). The number of fused-ring (bicyclic) bond motifs is 2. The van der Waals surface area contributed by atoms with Crippen molar-refractivity contribution in [3.8, 4) is 0 Å². The van der Waals surface area contributed by atoms with Gasteiger partial charge in [-0.3, -0.25) is 0 Å². The van der Waals surface area contributed by atoms with Crippen LogP contribution in [0.15, 0.2) is 11.4 Å². The zero-order valence-electron chi connectivity index (χ0n) is 10.3. The van der Waals surface area contributed by atoms with E-state index in [1.54, 1.807) is 0 Å². The molecule has 2 saturated carbocycles. The predicted molar refractivity (Wildman–Crippen MR) is 74.7 cm³/mol. The molecule has 1 nitrogen and oxygen atoms in total. The zero-order chi connectivity index (χ0) is 11.8. The molecular formula is C14H20ClNS. The molecule has 4 unspecified atom stereocenters. The van der Waals surface area contributed by atoms with E-state index >= 15 is 0 Å². The summed E-state index contributed by atoms with van der Waals surface area (Å²) in [5.41, 5.74) is 0. The maximum absolute atomic E-state index is 6.32. The number of hydrogen-bond donors (Lipinski definition) is 1. The molecule has 1 aromatic heterocycles. The number of nitrogens with one attached hydrogen (secondary N) is 1. The summed E-state index contributed by atoms with van der Waals surface area (Å²) in [5.74, 6) is 2.77. The van der Waals surface area contributed by atoms with Gasteiger partial charge in [0.1, 0.15) is 0 Å². The second-order valence-electron chi connectivity index (χ2n) is 5.51. The van der Waals surface area contributed by atoms with E-state index in [1.807, 2.05) is 17.4 Å². The third-order valence-corrected chi connectivity index (χ3v) is 6.01. The summed E-state index contributed by atoms with van der Waals surface area (Å²) in [4.78, 5) is 1.37. The number of hydrogen-bond acceptors (Lipinski definition) is 2. The normalized spacial score (nSPS) is 33.2. The van der Waals surface area contributed by atoms with Crippen molar-refractivity contribution < 1.29 is 0 Å². The van der Waals surface area contributed by atoms with E-state index in [1.165, 1.54) is 30.6 Å². The van der Waals surface area contributed by atoms with Crippen molar-refractivity contribution in [2.45, 2.75) is 38.6 Å². The molecule has 94 valence electrons. The molecule has 0 aromatic carbocycles. The van der Waals surface area contributed by atoms with Crippen molar-refractivity contribution in [2.24, 2.45) is 17.8 Å². The largest absolute Gasteiger partial charge is 0.309 e. The van der Waals surface area contributed by atoms with E-state index in [4.69, 9.17) is 11.6 Å². The average Bonchev–Trinajstić information content (AvgIpc) is 3.01. The lowest BCUT2D eigenvalue weighted by molar-refractivity contribution is 0.256. The average molecular weight is 270 g/mol. The van der Waals surface area contributed by atoms with Crippen LogP contribution in [0.2, 0.25) is 5.02 Å². The minimum atomic E-state index is 0.503. The van der Waals surface area contributed by atoms with Crippen molar-refractivity contribution in [3.05, 3.63) is 21.3 Å². The molecule has 3 heteroatoms. The first kappa shape index (κ1) is 12.0. The second kappa shape index (κ2) is 4.91. The molecule has 2 aliphatic carbocycles. The molecule has 0 spiro atoms. The van der Waals surface area contributed by atoms with E-state index in [9.17, 15) is 0 Å². The standard InChI is InChI=1S/C14H20ClNS/c1-2-16-13(14-12(15)5-6-17-14)11-8-9-3-4-10(11)7-9/h5-6,9-11,13,16H,2-4,7-8H2,1H3. The van der Waals surface area contributed by atoms with Gasteiger partial charge in [-0.25, -0.2) is 0 Å². The van der Waals surface area contributed by atoms with Gasteiger partial charge in [0.05, 0.1) is 5.02 Å². The SMILES string of the molecule is CCNC(c1sccc1Cl)C1CC2CCC1C2. The minimum Gasteiger partial charge on any atom is -0.309 e. The Morgan fingerprint density at radius 3 is 2.88 bits per heavy atom. The van der Waals surface area contributed by atoms with Gasteiger partial charge in [-0.2, -0.15) is 0 Å². The zero-order valence-corrected chi connectivity index (χ0v) is 11.9. The molecule has 2 aliphatic rings. The molecule has 2 fully saturated rings. The Morgan fingerprint density at radius 2 is 2.35 bits per heavy atom. The Labute approximate surface area is 113 Å². The summed E-state index contributed by atoms with van der Waals surface area (Å²) in [6, 6.07) is 2.54. The Bertz CT molecular complexity index is 389. The monoisotopic (exact) mass is 269 g/mol. The van der Waals surface area contributed by atoms with Gasteiger partial charge in [-0.1, -0.05) is 24.9 Å². The highest BCUT2D eigenvalue weighted by molar-refractivity contribution is 7.10. The van der Waals surface area contributed by atoms with E-state index < -0.39 is 0 Å². The van der Waals surface area contributed by atoms with Crippen molar-refractivity contribution in [2.75, 3.05) is 6.54 Å². The molecule has 2 bridgehead atoms. The molecule has 0 amide bonds. The quantitative estimate of drug-likeness (QED) is 0.849. The highest BCUT2D eigenvalue weighted by Crippen LogP contribution is 2.53. The fraction of sp³-hybridized carbons (Fsp3) is 0.714. The molecule has 0 radical (unpaired) electrons. The Balaban J connectivity index is 1.83. The van der Waals surface area contributed by atoms with Crippen molar-refractivity contribution in [3.63, 3.8) is 0 Å². The van der Waals surface area contributed by atoms with Gasteiger partial charge in [-0.15, -0.1) is 11.3 Å². The van der Waals surface area contributed by atoms with Crippen LogP contribution in [0.5, 0.6) is 0 Å². The lowest BCUT2D eigenvalue weighted by Gasteiger charge is -2.30. The highest BCUT2D eigenvalue weighted by atomic mass is 35.5. The Hall–Kier alpha value is -0.0500.